The molecule has 1 heterocycles. The standard InChI is InChI=1S/C14H19BrN2O3/c1-9(2)16-6-10-5-11(15)3-4-13(10)19-8-12-7-17-14(18)20-12/h3-5,9,12,16H,6-8H2,1-2H3,(H,17,18). The van der Waals surface area contributed by atoms with Crippen molar-refractivity contribution >= 4 is 22.0 Å². The van der Waals surface area contributed by atoms with Crippen LogP contribution in [0.4, 0.5) is 4.79 Å². The van der Waals surface area contributed by atoms with E-state index in [9.17, 15) is 4.79 Å². The molecule has 0 aliphatic carbocycles. The highest BCUT2D eigenvalue weighted by molar-refractivity contribution is 9.10. The highest BCUT2D eigenvalue weighted by Gasteiger charge is 2.23. The molecule has 1 aliphatic heterocycles. The molecule has 1 aromatic carbocycles. The summed E-state index contributed by atoms with van der Waals surface area (Å²) in [5.41, 5.74) is 1.07. The first-order chi connectivity index (χ1) is 9.54. The molecule has 2 rings (SSSR count). The first-order valence-corrected chi connectivity index (χ1v) is 7.43. The summed E-state index contributed by atoms with van der Waals surface area (Å²) < 4.78 is 11.8. The molecule has 6 heteroatoms. The Hall–Kier alpha value is -1.27. The number of halogens is 1. The lowest BCUT2D eigenvalue weighted by Gasteiger charge is -2.15. The number of hydrogen-bond acceptors (Lipinski definition) is 4. The van der Waals surface area contributed by atoms with Gasteiger partial charge in [-0.25, -0.2) is 4.79 Å². The minimum absolute atomic E-state index is 0.225. The van der Waals surface area contributed by atoms with Crippen LogP contribution in [-0.2, 0) is 11.3 Å². The number of carbonyl (C=O) groups excluding carboxylic acids is 1. The molecule has 0 saturated carbocycles. The van der Waals surface area contributed by atoms with Crippen molar-refractivity contribution in [3.63, 3.8) is 0 Å². The van der Waals surface area contributed by atoms with Crippen molar-refractivity contribution in [1.29, 1.82) is 0 Å². The van der Waals surface area contributed by atoms with Gasteiger partial charge in [-0.3, -0.25) is 0 Å². The van der Waals surface area contributed by atoms with Crippen LogP contribution in [0.25, 0.3) is 0 Å². The van der Waals surface area contributed by atoms with E-state index in [1.165, 1.54) is 0 Å². The first kappa shape index (κ1) is 15.1. The molecule has 0 radical (unpaired) electrons. The van der Waals surface area contributed by atoms with Gasteiger partial charge in [-0.2, -0.15) is 0 Å². The third kappa shape index (κ3) is 4.38. The summed E-state index contributed by atoms with van der Waals surface area (Å²) in [6.45, 7) is 5.78. The lowest BCUT2D eigenvalue weighted by Crippen LogP contribution is -2.24. The summed E-state index contributed by atoms with van der Waals surface area (Å²) in [5.74, 6) is 0.810. The van der Waals surface area contributed by atoms with Gasteiger partial charge < -0.3 is 20.1 Å². The van der Waals surface area contributed by atoms with E-state index in [1.807, 2.05) is 18.2 Å². The van der Waals surface area contributed by atoms with E-state index in [0.717, 1.165) is 22.3 Å². The zero-order chi connectivity index (χ0) is 14.5. The lowest BCUT2D eigenvalue weighted by atomic mass is 10.2. The number of cyclic esters (lactones) is 1. The number of hydrogen-bond donors (Lipinski definition) is 2. The Morgan fingerprint density at radius 1 is 1.55 bits per heavy atom. The molecule has 1 unspecified atom stereocenters. The molecule has 110 valence electrons. The van der Waals surface area contributed by atoms with E-state index < -0.39 is 0 Å². The van der Waals surface area contributed by atoms with Gasteiger partial charge in [-0.15, -0.1) is 0 Å². The number of rotatable bonds is 6. The number of nitrogens with one attached hydrogen (secondary N) is 2. The first-order valence-electron chi connectivity index (χ1n) is 6.63. The smallest absolute Gasteiger partial charge is 0.407 e. The van der Waals surface area contributed by atoms with Gasteiger partial charge in [0.1, 0.15) is 12.4 Å². The average molecular weight is 343 g/mol. The Morgan fingerprint density at radius 2 is 2.35 bits per heavy atom. The monoisotopic (exact) mass is 342 g/mol. The van der Waals surface area contributed by atoms with E-state index >= 15 is 0 Å². The van der Waals surface area contributed by atoms with E-state index in [2.05, 4.69) is 40.4 Å². The Bertz CT molecular complexity index is 479. The highest BCUT2D eigenvalue weighted by atomic mass is 79.9. The molecule has 1 aromatic rings. The fourth-order valence-electron chi connectivity index (χ4n) is 1.85. The third-order valence-electron chi connectivity index (χ3n) is 2.90. The highest BCUT2D eigenvalue weighted by Crippen LogP contribution is 2.23. The molecular formula is C14H19BrN2O3. The Labute approximate surface area is 127 Å². The predicted molar refractivity (Wildman–Crippen MR) is 79.9 cm³/mol. The van der Waals surface area contributed by atoms with Crippen LogP contribution in [0.5, 0.6) is 5.75 Å². The van der Waals surface area contributed by atoms with Crippen molar-refractivity contribution in [3.8, 4) is 5.75 Å². The molecular weight excluding hydrogens is 324 g/mol. The SMILES string of the molecule is CC(C)NCc1cc(Br)ccc1OCC1CNC(=O)O1. The molecule has 1 fully saturated rings. The maximum atomic E-state index is 10.9. The molecule has 5 nitrogen and oxygen atoms in total. The average Bonchev–Trinajstić information content (AvgIpc) is 2.81. The molecule has 1 atom stereocenters. The van der Waals surface area contributed by atoms with Crippen LogP contribution in [0.3, 0.4) is 0 Å². The molecule has 0 spiro atoms. The van der Waals surface area contributed by atoms with Crippen molar-refractivity contribution in [2.75, 3.05) is 13.2 Å². The zero-order valence-electron chi connectivity index (χ0n) is 11.6. The van der Waals surface area contributed by atoms with Gasteiger partial charge in [-0.1, -0.05) is 29.8 Å². The van der Waals surface area contributed by atoms with Crippen LogP contribution in [0.2, 0.25) is 0 Å². The number of ether oxygens (including phenoxy) is 2. The number of amides is 1. The number of alkyl carbamates (subject to hydrolysis) is 1. The van der Waals surface area contributed by atoms with Crippen molar-refractivity contribution in [3.05, 3.63) is 28.2 Å². The lowest BCUT2D eigenvalue weighted by molar-refractivity contribution is 0.104. The molecule has 2 N–H and O–H groups in total. The minimum Gasteiger partial charge on any atom is -0.489 e. The third-order valence-corrected chi connectivity index (χ3v) is 3.39. The summed E-state index contributed by atoms with van der Waals surface area (Å²) in [6, 6.07) is 6.30. The Kier molecular flexibility index (Phi) is 5.25. The summed E-state index contributed by atoms with van der Waals surface area (Å²) in [6.07, 6.45) is -0.604. The van der Waals surface area contributed by atoms with Gasteiger partial charge in [0, 0.05) is 22.6 Å². The molecule has 1 saturated heterocycles. The normalized spacial score (nSPS) is 18.0. The van der Waals surface area contributed by atoms with Gasteiger partial charge in [0.05, 0.1) is 6.54 Å². The van der Waals surface area contributed by atoms with Crippen molar-refractivity contribution in [2.24, 2.45) is 0 Å². The van der Waals surface area contributed by atoms with Crippen LogP contribution in [-0.4, -0.2) is 31.4 Å². The number of benzene rings is 1. The van der Waals surface area contributed by atoms with Crippen molar-refractivity contribution in [1.82, 2.24) is 10.6 Å². The zero-order valence-corrected chi connectivity index (χ0v) is 13.2. The van der Waals surface area contributed by atoms with Crippen LogP contribution >= 0.6 is 15.9 Å². The maximum absolute atomic E-state index is 10.9. The summed E-state index contributed by atoms with van der Waals surface area (Å²) in [5, 5.41) is 5.97. The topological polar surface area (TPSA) is 59.6 Å². The van der Waals surface area contributed by atoms with Crippen LogP contribution in [0, 0.1) is 0 Å². The summed E-state index contributed by atoms with van der Waals surface area (Å²) in [7, 11) is 0. The molecule has 1 amide bonds. The van der Waals surface area contributed by atoms with E-state index in [1.54, 1.807) is 0 Å². The molecule has 0 bridgehead atoms. The maximum Gasteiger partial charge on any atom is 0.407 e. The Balaban J connectivity index is 1.96. The van der Waals surface area contributed by atoms with Gasteiger partial charge in [0.25, 0.3) is 0 Å². The summed E-state index contributed by atoms with van der Waals surface area (Å²) >= 11 is 3.47. The Morgan fingerprint density at radius 3 is 3.00 bits per heavy atom. The van der Waals surface area contributed by atoms with E-state index in [-0.39, 0.29) is 12.2 Å². The van der Waals surface area contributed by atoms with Gasteiger partial charge in [0.2, 0.25) is 0 Å². The van der Waals surface area contributed by atoms with Gasteiger partial charge in [0.15, 0.2) is 6.10 Å². The van der Waals surface area contributed by atoms with Crippen LogP contribution < -0.4 is 15.4 Å². The number of carbonyl (C=O) groups is 1. The van der Waals surface area contributed by atoms with Crippen LogP contribution in [0.1, 0.15) is 19.4 Å². The fraction of sp³-hybridized carbons (Fsp3) is 0.500. The van der Waals surface area contributed by atoms with Crippen molar-refractivity contribution in [2.45, 2.75) is 32.5 Å². The van der Waals surface area contributed by atoms with Gasteiger partial charge in [-0.05, 0) is 18.2 Å². The predicted octanol–water partition coefficient (Wildman–Crippen LogP) is 2.43. The van der Waals surface area contributed by atoms with Crippen molar-refractivity contribution < 1.29 is 14.3 Å². The van der Waals surface area contributed by atoms with Gasteiger partial charge >= 0.3 is 6.09 Å². The molecule has 1 aliphatic rings. The van der Waals surface area contributed by atoms with E-state index in [4.69, 9.17) is 9.47 Å². The second kappa shape index (κ2) is 6.95. The van der Waals surface area contributed by atoms with E-state index in [0.29, 0.717) is 19.2 Å². The second-order valence-electron chi connectivity index (χ2n) is 5.01. The molecule has 0 aromatic heterocycles. The second-order valence-corrected chi connectivity index (χ2v) is 5.92. The minimum atomic E-state index is -0.379. The largest absolute Gasteiger partial charge is 0.489 e. The molecule has 20 heavy (non-hydrogen) atoms. The summed E-state index contributed by atoms with van der Waals surface area (Å²) in [4.78, 5) is 10.9. The van der Waals surface area contributed by atoms with Crippen LogP contribution in [0.15, 0.2) is 22.7 Å². The quantitative estimate of drug-likeness (QED) is 0.833. The fourth-order valence-corrected chi connectivity index (χ4v) is 2.26.